The summed E-state index contributed by atoms with van der Waals surface area (Å²) in [6, 6.07) is -1.35. The van der Waals surface area contributed by atoms with Crippen molar-refractivity contribution < 1.29 is 22.7 Å². The summed E-state index contributed by atoms with van der Waals surface area (Å²) >= 11 is 0. The average Bonchev–Trinajstić information content (AvgIpc) is 2.10. The Hall–Kier alpha value is -1.31. The number of nitrogens with one attached hydrogen (secondary N) is 1. The first-order chi connectivity index (χ1) is 7.04. The van der Waals surface area contributed by atoms with Gasteiger partial charge in [-0.3, -0.25) is 4.79 Å². The van der Waals surface area contributed by atoms with Crippen molar-refractivity contribution in [1.82, 2.24) is 5.32 Å². The highest BCUT2D eigenvalue weighted by Gasteiger charge is 2.43. The van der Waals surface area contributed by atoms with E-state index in [1.807, 2.05) is 0 Å². The lowest BCUT2D eigenvalue weighted by molar-refractivity contribution is -0.120. The lowest BCUT2D eigenvalue weighted by Gasteiger charge is -2.30. The van der Waals surface area contributed by atoms with Crippen LogP contribution in [-0.4, -0.2) is 44.6 Å². The summed E-state index contributed by atoms with van der Waals surface area (Å²) in [7, 11) is -2.47. The molecule has 0 aromatic rings. The summed E-state index contributed by atoms with van der Waals surface area (Å²) in [6.07, 6.45) is 0.0440. The summed E-state index contributed by atoms with van der Waals surface area (Å²) in [5.74, 6) is -0.944. The second kappa shape index (κ2) is 4.69. The highest BCUT2D eigenvalue weighted by atomic mass is 32.2. The average molecular weight is 252 g/mol. The van der Waals surface area contributed by atoms with Crippen LogP contribution in [0.25, 0.3) is 0 Å². The maximum atomic E-state index is 11.5. The molecule has 0 saturated heterocycles. The van der Waals surface area contributed by atoms with Crippen molar-refractivity contribution in [3.8, 4) is 0 Å². The zero-order valence-corrected chi connectivity index (χ0v) is 10.4. The molecule has 0 unspecified atom stereocenters. The molecule has 7 nitrogen and oxygen atoms in total. The molecule has 0 aliphatic rings. The van der Waals surface area contributed by atoms with Gasteiger partial charge >= 0.3 is 6.09 Å². The third kappa shape index (κ3) is 3.09. The monoisotopic (exact) mass is 252 g/mol. The SMILES string of the molecule is COC(=O)N[C@H](C(N)=O)C(C)(C)S(C)(=O)=O. The number of carbonyl (C=O) groups is 2. The highest BCUT2D eigenvalue weighted by molar-refractivity contribution is 7.92. The van der Waals surface area contributed by atoms with Gasteiger partial charge in [-0.1, -0.05) is 0 Å². The van der Waals surface area contributed by atoms with Crippen LogP contribution in [-0.2, 0) is 19.4 Å². The number of methoxy groups -OCH3 is 1. The molecule has 2 amide bonds. The van der Waals surface area contributed by atoms with Crippen LogP contribution < -0.4 is 11.1 Å². The number of rotatable bonds is 4. The number of primary amides is 1. The molecule has 94 valence electrons. The van der Waals surface area contributed by atoms with Crippen LogP contribution in [0.1, 0.15) is 13.8 Å². The van der Waals surface area contributed by atoms with E-state index >= 15 is 0 Å². The molecule has 0 aliphatic heterocycles. The minimum absolute atomic E-state index is 0.916. The first-order valence-corrected chi connectivity index (χ1v) is 6.26. The van der Waals surface area contributed by atoms with Crippen molar-refractivity contribution in [2.24, 2.45) is 5.73 Å². The van der Waals surface area contributed by atoms with Gasteiger partial charge in [-0.2, -0.15) is 0 Å². The summed E-state index contributed by atoms with van der Waals surface area (Å²) in [5.41, 5.74) is 5.05. The van der Waals surface area contributed by atoms with Gasteiger partial charge in [0.1, 0.15) is 6.04 Å². The van der Waals surface area contributed by atoms with Gasteiger partial charge in [0.2, 0.25) is 5.91 Å². The van der Waals surface area contributed by atoms with Crippen LogP contribution in [0.3, 0.4) is 0 Å². The van der Waals surface area contributed by atoms with Gasteiger partial charge in [0.15, 0.2) is 9.84 Å². The van der Waals surface area contributed by atoms with Crippen LogP contribution in [0.15, 0.2) is 0 Å². The van der Waals surface area contributed by atoms with E-state index in [2.05, 4.69) is 10.1 Å². The predicted octanol–water partition coefficient (Wildman–Crippen LogP) is -0.980. The van der Waals surface area contributed by atoms with Gasteiger partial charge in [-0.15, -0.1) is 0 Å². The molecular formula is C8H16N2O5S. The molecule has 0 fully saturated rings. The van der Waals surface area contributed by atoms with E-state index in [0.717, 1.165) is 13.4 Å². The fraction of sp³-hybridized carbons (Fsp3) is 0.750. The number of hydrogen-bond acceptors (Lipinski definition) is 5. The second-order valence-corrected chi connectivity index (χ2v) is 6.44. The Bertz CT molecular complexity index is 387. The van der Waals surface area contributed by atoms with E-state index in [9.17, 15) is 18.0 Å². The van der Waals surface area contributed by atoms with E-state index < -0.39 is 32.6 Å². The minimum atomic E-state index is -3.57. The zero-order valence-electron chi connectivity index (χ0n) is 9.60. The minimum Gasteiger partial charge on any atom is -0.453 e. The van der Waals surface area contributed by atoms with E-state index in [1.54, 1.807) is 0 Å². The first kappa shape index (κ1) is 14.7. The zero-order chi connectivity index (χ0) is 13.1. The van der Waals surface area contributed by atoms with Gasteiger partial charge in [-0.25, -0.2) is 13.2 Å². The molecule has 3 N–H and O–H groups in total. The number of carbonyl (C=O) groups excluding carboxylic acids is 2. The molecular weight excluding hydrogens is 236 g/mol. The van der Waals surface area contributed by atoms with Crippen molar-refractivity contribution in [2.75, 3.05) is 13.4 Å². The number of sulfone groups is 1. The fourth-order valence-corrected chi connectivity index (χ4v) is 1.58. The first-order valence-electron chi connectivity index (χ1n) is 4.37. The van der Waals surface area contributed by atoms with Crippen molar-refractivity contribution in [3.05, 3.63) is 0 Å². The Kier molecular flexibility index (Phi) is 4.30. The third-order valence-electron chi connectivity index (χ3n) is 2.38. The maximum absolute atomic E-state index is 11.5. The van der Waals surface area contributed by atoms with Crippen LogP contribution in [0.2, 0.25) is 0 Å². The molecule has 16 heavy (non-hydrogen) atoms. The highest BCUT2D eigenvalue weighted by Crippen LogP contribution is 2.20. The molecule has 0 rings (SSSR count). The Morgan fingerprint density at radius 1 is 1.38 bits per heavy atom. The molecule has 8 heteroatoms. The van der Waals surface area contributed by atoms with E-state index in [1.165, 1.54) is 13.8 Å². The van der Waals surface area contributed by atoms with E-state index in [0.29, 0.717) is 0 Å². The molecule has 0 radical (unpaired) electrons. The quantitative estimate of drug-likeness (QED) is 0.667. The second-order valence-electron chi connectivity index (χ2n) is 3.85. The smallest absolute Gasteiger partial charge is 0.407 e. The van der Waals surface area contributed by atoms with Crippen molar-refractivity contribution in [1.29, 1.82) is 0 Å². The Morgan fingerprint density at radius 2 is 1.81 bits per heavy atom. The molecule has 0 heterocycles. The standard InChI is InChI=1S/C8H16N2O5S/c1-8(2,16(4,13)14)5(6(9)11)10-7(12)15-3/h5H,1-4H3,(H2,9,11)(H,10,12)/t5-/m1/s1. The summed E-state index contributed by atoms with van der Waals surface area (Å²) in [4.78, 5) is 22.1. The lowest BCUT2D eigenvalue weighted by atomic mass is 10.0. The molecule has 0 aromatic carbocycles. The van der Waals surface area contributed by atoms with Crippen LogP contribution in [0, 0.1) is 0 Å². The summed E-state index contributed by atoms with van der Waals surface area (Å²) < 4.78 is 25.7. The van der Waals surface area contributed by atoms with Gasteiger partial charge < -0.3 is 15.8 Å². The number of alkyl carbamates (subject to hydrolysis) is 1. The van der Waals surface area contributed by atoms with Crippen molar-refractivity contribution in [3.63, 3.8) is 0 Å². The number of nitrogens with two attached hydrogens (primary N) is 1. The van der Waals surface area contributed by atoms with Gasteiger partial charge in [0.25, 0.3) is 0 Å². The largest absolute Gasteiger partial charge is 0.453 e. The number of ether oxygens (including phenoxy) is 1. The molecule has 0 saturated carbocycles. The normalized spacial score (nSPS) is 14.0. The third-order valence-corrected chi connectivity index (χ3v) is 4.53. The molecule has 0 aromatic heterocycles. The summed E-state index contributed by atoms with van der Waals surface area (Å²) in [5, 5.41) is 2.10. The number of hydrogen-bond donors (Lipinski definition) is 2. The van der Waals surface area contributed by atoms with Gasteiger partial charge in [-0.05, 0) is 13.8 Å². The molecule has 0 bridgehead atoms. The molecule has 0 aliphatic carbocycles. The topological polar surface area (TPSA) is 116 Å². The van der Waals surface area contributed by atoms with E-state index in [-0.39, 0.29) is 0 Å². The fourth-order valence-electron chi connectivity index (χ4n) is 0.978. The molecule has 1 atom stereocenters. The summed E-state index contributed by atoms with van der Waals surface area (Å²) in [6.45, 7) is 2.60. The molecule has 0 spiro atoms. The van der Waals surface area contributed by atoms with E-state index in [4.69, 9.17) is 5.73 Å². The Labute approximate surface area is 94.2 Å². The Morgan fingerprint density at radius 3 is 2.06 bits per heavy atom. The van der Waals surface area contributed by atoms with Crippen LogP contribution in [0.4, 0.5) is 4.79 Å². The van der Waals surface area contributed by atoms with Crippen molar-refractivity contribution in [2.45, 2.75) is 24.6 Å². The van der Waals surface area contributed by atoms with Gasteiger partial charge in [0.05, 0.1) is 11.9 Å². The number of amides is 2. The van der Waals surface area contributed by atoms with Gasteiger partial charge in [0, 0.05) is 6.26 Å². The predicted molar refractivity (Wildman–Crippen MR) is 57.4 cm³/mol. The van der Waals surface area contributed by atoms with Crippen molar-refractivity contribution >= 4 is 21.8 Å². The maximum Gasteiger partial charge on any atom is 0.407 e. The van der Waals surface area contributed by atoms with Crippen LogP contribution >= 0.6 is 0 Å². The lowest BCUT2D eigenvalue weighted by Crippen LogP contribution is -2.59. The van der Waals surface area contributed by atoms with Crippen LogP contribution in [0.5, 0.6) is 0 Å². The Balaban J connectivity index is 5.23.